The molecule has 2 aliphatic heterocycles. The number of hydrogen-bond acceptors (Lipinski definition) is 4. The largest absolute Gasteiger partial charge is 0.748 e. The van der Waals surface area contributed by atoms with Gasteiger partial charge in [0.25, 0.3) is 0 Å². The van der Waals surface area contributed by atoms with E-state index >= 15 is 0 Å². The van der Waals surface area contributed by atoms with Gasteiger partial charge >= 0.3 is 0 Å². The predicted molar refractivity (Wildman–Crippen MR) is 188 cm³/mol. The zero-order valence-corrected chi connectivity index (χ0v) is 29.7. The van der Waals surface area contributed by atoms with Gasteiger partial charge in [0.1, 0.15) is 6.54 Å². The van der Waals surface area contributed by atoms with E-state index in [4.69, 9.17) is 34.8 Å². The van der Waals surface area contributed by atoms with Crippen LogP contribution in [-0.4, -0.2) is 42.1 Å². The molecule has 2 heterocycles. The Hall–Kier alpha value is -2.35. The van der Waals surface area contributed by atoms with E-state index in [2.05, 4.69) is 80.5 Å². The standard InChI is InChI=1S/C36H41Cl3N2O3S/c1-6-19-40-30-15-13-26(37)22-28(30)35(2,3)32(40)17-11-24-9-7-10-25(34(24)39)12-18-33-36(4,5)29-23-27(38)14-16-31(29)41(33)20-8-21-45(42,43)44/h11-18,22-23H,6-10,19-21H2,1-5H3. The summed E-state index contributed by atoms with van der Waals surface area (Å²) in [7, 11) is -4.30. The van der Waals surface area contributed by atoms with Gasteiger partial charge in [-0.05, 0) is 92.6 Å². The van der Waals surface area contributed by atoms with E-state index < -0.39 is 15.9 Å². The van der Waals surface area contributed by atoms with Gasteiger partial charge in [0, 0.05) is 68.3 Å². The summed E-state index contributed by atoms with van der Waals surface area (Å²) in [5.41, 5.74) is 8.32. The molecule has 0 atom stereocenters. The third-order valence-electron chi connectivity index (χ3n) is 9.27. The van der Waals surface area contributed by atoms with E-state index in [-0.39, 0.29) is 17.3 Å². The number of anilines is 1. The highest BCUT2D eigenvalue weighted by molar-refractivity contribution is 7.85. The number of rotatable bonds is 9. The van der Waals surface area contributed by atoms with Gasteiger partial charge in [-0.1, -0.05) is 67.7 Å². The van der Waals surface area contributed by atoms with Gasteiger partial charge in [-0.2, -0.15) is 4.58 Å². The third kappa shape index (κ3) is 6.87. The maximum absolute atomic E-state index is 11.3. The van der Waals surface area contributed by atoms with Crippen LogP contribution in [0.15, 0.2) is 82.6 Å². The molecule has 0 spiro atoms. The molecule has 0 amide bonds. The summed E-state index contributed by atoms with van der Waals surface area (Å²) in [6.45, 7) is 12.3. The number of allylic oxidation sites excluding steroid dienone is 8. The van der Waals surface area contributed by atoms with Crippen LogP contribution in [0.25, 0.3) is 0 Å². The molecule has 0 aromatic heterocycles. The Morgan fingerprint density at radius 2 is 1.62 bits per heavy atom. The molecule has 5 nitrogen and oxygen atoms in total. The second-order valence-corrected chi connectivity index (χ2v) is 15.9. The molecule has 2 aromatic rings. The Kier molecular flexibility index (Phi) is 9.85. The fraction of sp³-hybridized carbons (Fsp3) is 0.417. The molecule has 0 fully saturated rings. The van der Waals surface area contributed by atoms with E-state index in [9.17, 15) is 13.0 Å². The minimum absolute atomic E-state index is 0.197. The van der Waals surface area contributed by atoms with Crippen LogP contribution in [0, 0.1) is 0 Å². The lowest BCUT2D eigenvalue weighted by Gasteiger charge is -2.27. The van der Waals surface area contributed by atoms with Crippen LogP contribution in [0.2, 0.25) is 10.0 Å². The van der Waals surface area contributed by atoms with Gasteiger partial charge in [-0.3, -0.25) is 0 Å². The van der Waals surface area contributed by atoms with E-state index in [1.165, 1.54) is 17.0 Å². The van der Waals surface area contributed by atoms with E-state index in [1.807, 2.05) is 24.3 Å². The fourth-order valence-corrected chi connectivity index (χ4v) is 8.11. The van der Waals surface area contributed by atoms with E-state index in [1.54, 1.807) is 0 Å². The van der Waals surface area contributed by atoms with Crippen molar-refractivity contribution in [3.63, 3.8) is 0 Å². The molecular weight excluding hydrogens is 647 g/mol. The first-order valence-electron chi connectivity index (χ1n) is 15.6. The lowest BCUT2D eigenvalue weighted by molar-refractivity contribution is -0.437. The fourth-order valence-electron chi connectivity index (χ4n) is 6.97. The maximum Gasteiger partial charge on any atom is 0.209 e. The second kappa shape index (κ2) is 13.0. The Morgan fingerprint density at radius 1 is 0.933 bits per heavy atom. The van der Waals surface area contributed by atoms with Crippen LogP contribution in [-0.2, 0) is 20.9 Å². The Bertz CT molecular complexity index is 1780. The van der Waals surface area contributed by atoms with Gasteiger partial charge in [0.2, 0.25) is 5.69 Å². The Balaban J connectivity index is 1.49. The SMILES string of the molecule is CCC[N+]1=C(/C=C/C2=C(Cl)C(=C/C=C3/N(CCCS(=O)(=O)[O-])c4ccc(Cl)cc4C3(C)C)/CCC2)C(C)(C)c2cc(Cl)ccc21. The average Bonchev–Trinajstić information content (AvgIpc) is 3.29. The normalized spacial score (nSPS) is 21.0. The molecule has 45 heavy (non-hydrogen) atoms. The number of fused-ring (bicyclic) bond motifs is 2. The summed E-state index contributed by atoms with van der Waals surface area (Å²) < 4.78 is 36.4. The highest BCUT2D eigenvalue weighted by Gasteiger charge is 2.44. The molecule has 0 radical (unpaired) electrons. The molecule has 2 aromatic carbocycles. The average molecular weight is 688 g/mol. The van der Waals surface area contributed by atoms with Crippen LogP contribution < -0.4 is 4.90 Å². The third-order valence-corrected chi connectivity index (χ3v) is 11.0. The first kappa shape index (κ1) is 34.0. The molecule has 0 saturated carbocycles. The van der Waals surface area contributed by atoms with Gasteiger partial charge in [0.15, 0.2) is 5.71 Å². The maximum atomic E-state index is 11.3. The number of halogens is 3. The van der Waals surface area contributed by atoms with Crippen molar-refractivity contribution in [3.05, 3.63) is 104 Å². The molecule has 9 heteroatoms. The molecule has 5 rings (SSSR count). The van der Waals surface area contributed by atoms with Crippen LogP contribution in [0.1, 0.15) is 77.8 Å². The molecule has 0 unspecified atom stereocenters. The summed E-state index contributed by atoms with van der Waals surface area (Å²) in [5.74, 6) is -0.408. The van der Waals surface area contributed by atoms with Crippen molar-refractivity contribution in [3.8, 4) is 0 Å². The predicted octanol–water partition coefficient (Wildman–Crippen LogP) is 9.56. The van der Waals surface area contributed by atoms with Crippen LogP contribution in [0.3, 0.4) is 0 Å². The van der Waals surface area contributed by atoms with Crippen molar-refractivity contribution < 1.29 is 17.5 Å². The highest BCUT2D eigenvalue weighted by Crippen LogP contribution is 2.49. The number of nitrogens with zero attached hydrogens (tertiary/aromatic N) is 2. The lowest BCUT2D eigenvalue weighted by atomic mass is 9.81. The summed E-state index contributed by atoms with van der Waals surface area (Å²) >= 11 is 19.9. The zero-order valence-electron chi connectivity index (χ0n) is 26.6. The smallest absolute Gasteiger partial charge is 0.209 e. The van der Waals surface area contributed by atoms with E-state index in [0.717, 1.165) is 70.4 Å². The van der Waals surface area contributed by atoms with Crippen molar-refractivity contribution in [1.29, 1.82) is 0 Å². The summed E-state index contributed by atoms with van der Waals surface area (Å²) in [6.07, 6.45) is 12.6. The molecule has 0 N–H and O–H groups in total. The van der Waals surface area contributed by atoms with E-state index in [0.29, 0.717) is 11.6 Å². The highest BCUT2D eigenvalue weighted by atomic mass is 35.5. The van der Waals surface area contributed by atoms with Gasteiger partial charge < -0.3 is 9.45 Å². The first-order chi connectivity index (χ1) is 21.1. The first-order valence-corrected chi connectivity index (χ1v) is 18.3. The number of hydrogen-bond donors (Lipinski definition) is 0. The Labute approximate surface area is 283 Å². The van der Waals surface area contributed by atoms with Crippen molar-refractivity contribution >= 4 is 62.0 Å². The van der Waals surface area contributed by atoms with Crippen LogP contribution in [0.5, 0.6) is 0 Å². The topological polar surface area (TPSA) is 63.5 Å². The van der Waals surface area contributed by atoms with Crippen LogP contribution >= 0.6 is 34.8 Å². The molecule has 1 aliphatic carbocycles. The van der Waals surface area contributed by atoms with Crippen LogP contribution in [0.4, 0.5) is 11.4 Å². The van der Waals surface area contributed by atoms with Crippen molar-refractivity contribution in [2.75, 3.05) is 23.7 Å². The Morgan fingerprint density at radius 3 is 2.31 bits per heavy atom. The monoisotopic (exact) mass is 686 g/mol. The second-order valence-electron chi connectivity index (χ2n) is 13.1. The van der Waals surface area contributed by atoms with Crippen molar-refractivity contribution in [1.82, 2.24) is 0 Å². The minimum Gasteiger partial charge on any atom is -0.748 e. The summed E-state index contributed by atoms with van der Waals surface area (Å²) in [5, 5.41) is 2.16. The molecule has 3 aliphatic rings. The summed E-state index contributed by atoms with van der Waals surface area (Å²) in [4.78, 5) is 2.11. The molecular formula is C36H41Cl3N2O3S. The van der Waals surface area contributed by atoms with Gasteiger partial charge in [0.05, 0.1) is 15.5 Å². The zero-order chi connectivity index (χ0) is 32.7. The van der Waals surface area contributed by atoms with Gasteiger partial charge in [-0.15, -0.1) is 0 Å². The van der Waals surface area contributed by atoms with Crippen molar-refractivity contribution in [2.24, 2.45) is 0 Å². The summed E-state index contributed by atoms with van der Waals surface area (Å²) in [6, 6.07) is 11.9. The molecule has 0 bridgehead atoms. The molecule has 240 valence electrons. The minimum atomic E-state index is -4.30. The van der Waals surface area contributed by atoms with Gasteiger partial charge in [-0.25, -0.2) is 8.42 Å². The number of benzene rings is 2. The van der Waals surface area contributed by atoms with Crippen molar-refractivity contribution in [2.45, 2.75) is 77.6 Å². The molecule has 0 saturated heterocycles. The quantitative estimate of drug-likeness (QED) is 0.195. The lowest BCUT2D eigenvalue weighted by Crippen LogP contribution is -2.28.